The van der Waals surface area contributed by atoms with Gasteiger partial charge in [-0.05, 0) is 10.4 Å². The number of nitrogens with one attached hydrogen (secondary N) is 1. The first-order valence-electron chi connectivity index (χ1n) is 3.48. The standard InChI is InChI=1S/C5H9N5O2S/c1-10-4(7-8-9-10)3(13)2-6-5(11)12/h3,6,13H,2H2,1H3,(H,11,12). The van der Waals surface area contributed by atoms with Crippen molar-refractivity contribution in [3.05, 3.63) is 5.82 Å². The molecule has 8 heteroatoms. The van der Waals surface area contributed by atoms with E-state index in [9.17, 15) is 4.79 Å². The second-order valence-corrected chi connectivity index (χ2v) is 2.99. The third kappa shape index (κ3) is 2.58. The zero-order valence-corrected chi connectivity index (χ0v) is 7.77. The number of tetrazole rings is 1. The maximum atomic E-state index is 10.2. The summed E-state index contributed by atoms with van der Waals surface area (Å²) in [4.78, 5) is 10.2. The summed E-state index contributed by atoms with van der Waals surface area (Å²) in [7, 11) is 1.67. The van der Waals surface area contributed by atoms with Crippen LogP contribution in [0.1, 0.15) is 11.1 Å². The number of aryl methyl sites for hydroxylation is 1. The normalized spacial score (nSPS) is 12.5. The lowest BCUT2D eigenvalue weighted by atomic mass is 10.4. The summed E-state index contributed by atoms with van der Waals surface area (Å²) in [6, 6.07) is 0. The molecule has 0 aromatic carbocycles. The Labute approximate surface area is 79.5 Å². The maximum absolute atomic E-state index is 10.2. The van der Waals surface area contributed by atoms with E-state index in [0.29, 0.717) is 5.82 Å². The molecular weight excluding hydrogens is 194 g/mol. The van der Waals surface area contributed by atoms with Crippen LogP contribution in [-0.2, 0) is 7.05 Å². The van der Waals surface area contributed by atoms with Crippen LogP contribution in [0.4, 0.5) is 4.79 Å². The fourth-order valence-corrected chi connectivity index (χ4v) is 1.10. The highest BCUT2D eigenvalue weighted by atomic mass is 32.1. The number of carbonyl (C=O) groups is 1. The Morgan fingerprint density at radius 1 is 1.85 bits per heavy atom. The van der Waals surface area contributed by atoms with Crippen molar-refractivity contribution in [2.75, 3.05) is 6.54 Å². The number of nitrogens with zero attached hydrogens (tertiary/aromatic N) is 4. The number of carboxylic acid groups (broad SMARTS) is 1. The van der Waals surface area contributed by atoms with E-state index >= 15 is 0 Å². The largest absolute Gasteiger partial charge is 0.465 e. The highest BCUT2D eigenvalue weighted by Gasteiger charge is 2.13. The minimum absolute atomic E-state index is 0.173. The molecule has 0 bridgehead atoms. The molecule has 1 aromatic heterocycles. The molecule has 7 nitrogen and oxygen atoms in total. The first-order valence-corrected chi connectivity index (χ1v) is 4.00. The third-order valence-corrected chi connectivity index (χ3v) is 1.81. The lowest BCUT2D eigenvalue weighted by Gasteiger charge is -2.07. The molecule has 13 heavy (non-hydrogen) atoms. The summed E-state index contributed by atoms with van der Waals surface area (Å²) in [5, 5.41) is 20.9. The predicted octanol–water partition coefficient (Wildman–Crippen LogP) is -0.551. The Morgan fingerprint density at radius 3 is 3.00 bits per heavy atom. The van der Waals surface area contributed by atoms with Crippen molar-refractivity contribution in [2.24, 2.45) is 7.05 Å². The van der Waals surface area contributed by atoms with Crippen LogP contribution in [-0.4, -0.2) is 38.0 Å². The molecule has 0 aliphatic rings. The molecule has 0 aliphatic carbocycles. The summed E-state index contributed by atoms with van der Waals surface area (Å²) < 4.78 is 1.45. The summed E-state index contributed by atoms with van der Waals surface area (Å²) >= 11 is 4.14. The molecule has 0 saturated heterocycles. The molecule has 1 heterocycles. The quantitative estimate of drug-likeness (QED) is 0.573. The van der Waals surface area contributed by atoms with Gasteiger partial charge in [0.1, 0.15) is 0 Å². The number of hydrogen-bond acceptors (Lipinski definition) is 5. The van der Waals surface area contributed by atoms with Gasteiger partial charge in [-0.1, -0.05) is 0 Å². The summed E-state index contributed by atoms with van der Waals surface area (Å²) in [5.74, 6) is 0.525. The van der Waals surface area contributed by atoms with Gasteiger partial charge in [-0.3, -0.25) is 0 Å². The van der Waals surface area contributed by atoms with E-state index in [0.717, 1.165) is 0 Å². The molecule has 0 fully saturated rings. The fraction of sp³-hybridized carbons (Fsp3) is 0.600. The fourth-order valence-electron chi connectivity index (χ4n) is 0.794. The van der Waals surface area contributed by atoms with Gasteiger partial charge in [-0.2, -0.15) is 12.6 Å². The van der Waals surface area contributed by atoms with Gasteiger partial charge in [0.25, 0.3) is 0 Å². The Bertz CT molecular complexity index is 301. The van der Waals surface area contributed by atoms with Crippen LogP contribution in [0.5, 0.6) is 0 Å². The number of thiol groups is 1. The van der Waals surface area contributed by atoms with Crippen molar-refractivity contribution in [3.8, 4) is 0 Å². The molecule has 1 amide bonds. The van der Waals surface area contributed by atoms with E-state index in [1.807, 2.05) is 0 Å². The molecule has 1 rings (SSSR count). The number of rotatable bonds is 3. The van der Waals surface area contributed by atoms with E-state index in [1.165, 1.54) is 4.68 Å². The highest BCUT2D eigenvalue weighted by molar-refractivity contribution is 7.80. The smallest absolute Gasteiger partial charge is 0.404 e. The molecule has 2 N–H and O–H groups in total. The van der Waals surface area contributed by atoms with Crippen molar-refractivity contribution >= 4 is 18.7 Å². The predicted molar refractivity (Wildman–Crippen MR) is 46.6 cm³/mol. The highest BCUT2D eigenvalue weighted by Crippen LogP contribution is 2.13. The first kappa shape index (κ1) is 9.78. The Morgan fingerprint density at radius 2 is 2.54 bits per heavy atom. The zero-order valence-electron chi connectivity index (χ0n) is 6.88. The van der Waals surface area contributed by atoms with E-state index in [2.05, 4.69) is 33.5 Å². The minimum Gasteiger partial charge on any atom is -0.465 e. The monoisotopic (exact) mass is 203 g/mol. The molecule has 0 saturated carbocycles. The van der Waals surface area contributed by atoms with Gasteiger partial charge >= 0.3 is 6.09 Å². The van der Waals surface area contributed by atoms with Crippen molar-refractivity contribution in [2.45, 2.75) is 5.25 Å². The van der Waals surface area contributed by atoms with E-state index in [-0.39, 0.29) is 11.8 Å². The van der Waals surface area contributed by atoms with Crippen LogP contribution in [0.2, 0.25) is 0 Å². The molecule has 0 radical (unpaired) electrons. The van der Waals surface area contributed by atoms with Gasteiger partial charge in [0.05, 0.1) is 5.25 Å². The van der Waals surface area contributed by atoms with Crippen LogP contribution in [0.25, 0.3) is 0 Å². The van der Waals surface area contributed by atoms with Crippen molar-refractivity contribution in [3.63, 3.8) is 0 Å². The van der Waals surface area contributed by atoms with E-state index in [1.54, 1.807) is 7.05 Å². The summed E-state index contributed by atoms with van der Waals surface area (Å²) in [5.41, 5.74) is 0. The Hall–Kier alpha value is -1.31. The van der Waals surface area contributed by atoms with Crippen LogP contribution < -0.4 is 5.32 Å². The van der Waals surface area contributed by atoms with Gasteiger partial charge in [0.2, 0.25) is 0 Å². The number of amides is 1. The van der Waals surface area contributed by atoms with Crippen LogP contribution in [0, 0.1) is 0 Å². The molecule has 1 unspecified atom stereocenters. The number of hydrogen-bond donors (Lipinski definition) is 3. The molecule has 0 aliphatic heterocycles. The number of aromatic nitrogens is 4. The summed E-state index contributed by atoms with van der Waals surface area (Å²) in [6.45, 7) is 0.173. The third-order valence-electron chi connectivity index (χ3n) is 1.40. The average Bonchev–Trinajstić information content (AvgIpc) is 2.47. The topological polar surface area (TPSA) is 92.9 Å². The Kier molecular flexibility index (Phi) is 3.07. The van der Waals surface area contributed by atoms with Gasteiger partial charge < -0.3 is 10.4 Å². The van der Waals surface area contributed by atoms with Gasteiger partial charge in [0, 0.05) is 13.6 Å². The maximum Gasteiger partial charge on any atom is 0.404 e. The van der Waals surface area contributed by atoms with Crippen LogP contribution in [0.3, 0.4) is 0 Å². The summed E-state index contributed by atoms with van der Waals surface area (Å²) in [6.07, 6.45) is -1.09. The van der Waals surface area contributed by atoms with Crippen LogP contribution >= 0.6 is 12.6 Å². The van der Waals surface area contributed by atoms with E-state index < -0.39 is 6.09 Å². The van der Waals surface area contributed by atoms with Crippen molar-refractivity contribution < 1.29 is 9.90 Å². The Balaban J connectivity index is 2.53. The molecular formula is C5H9N5O2S. The first-order chi connectivity index (χ1) is 6.11. The van der Waals surface area contributed by atoms with E-state index in [4.69, 9.17) is 5.11 Å². The second kappa shape index (κ2) is 4.08. The van der Waals surface area contributed by atoms with Crippen LogP contribution in [0.15, 0.2) is 0 Å². The molecule has 72 valence electrons. The SMILES string of the molecule is Cn1nnnc1C(S)CNC(=O)O. The lowest BCUT2D eigenvalue weighted by molar-refractivity contribution is 0.194. The van der Waals surface area contributed by atoms with Gasteiger partial charge in [0.15, 0.2) is 5.82 Å². The molecule has 1 aromatic rings. The van der Waals surface area contributed by atoms with Gasteiger partial charge in [-0.15, -0.1) is 5.10 Å². The molecule has 0 spiro atoms. The van der Waals surface area contributed by atoms with Gasteiger partial charge in [-0.25, -0.2) is 9.48 Å². The zero-order chi connectivity index (χ0) is 9.84. The second-order valence-electron chi connectivity index (χ2n) is 2.36. The minimum atomic E-state index is -1.09. The van der Waals surface area contributed by atoms with Crippen molar-refractivity contribution in [1.29, 1.82) is 0 Å². The lowest BCUT2D eigenvalue weighted by Crippen LogP contribution is -2.25. The van der Waals surface area contributed by atoms with Crippen molar-refractivity contribution in [1.82, 2.24) is 25.5 Å². The average molecular weight is 203 g/mol. The molecule has 1 atom stereocenters.